The Morgan fingerprint density at radius 2 is 2.00 bits per heavy atom. The molecule has 3 heterocycles. The third-order valence-electron chi connectivity index (χ3n) is 5.38. The number of nitrogens with zero attached hydrogens (tertiary/aromatic N) is 3. The molecule has 0 radical (unpaired) electrons. The first-order valence-electron chi connectivity index (χ1n) is 10.2. The van der Waals surface area contributed by atoms with Gasteiger partial charge in [0.25, 0.3) is 5.91 Å². The first-order valence-corrected chi connectivity index (χ1v) is 12.2. The van der Waals surface area contributed by atoms with E-state index in [-0.39, 0.29) is 17.5 Å². The van der Waals surface area contributed by atoms with Crippen molar-refractivity contribution < 1.29 is 18.4 Å². The van der Waals surface area contributed by atoms with Crippen LogP contribution < -0.4 is 14.9 Å². The zero-order valence-electron chi connectivity index (χ0n) is 18.1. The number of carbonyl (C=O) groups excluding carboxylic acids is 2. The first-order chi connectivity index (χ1) is 15.8. The number of benzene rings is 1. The van der Waals surface area contributed by atoms with Gasteiger partial charge in [0.15, 0.2) is 0 Å². The van der Waals surface area contributed by atoms with E-state index in [0.717, 1.165) is 26.7 Å². The van der Waals surface area contributed by atoms with Crippen molar-refractivity contribution in [1.29, 1.82) is 0 Å². The van der Waals surface area contributed by atoms with Crippen molar-refractivity contribution in [3.63, 3.8) is 0 Å². The fraction of sp³-hybridized carbons (Fsp3) is 0.273. The molecule has 4 rings (SSSR count). The van der Waals surface area contributed by atoms with E-state index in [2.05, 4.69) is 20.0 Å². The number of hydrogen-bond donors (Lipinski definition) is 3. The summed E-state index contributed by atoms with van der Waals surface area (Å²) in [4.78, 5) is 35.3. The number of aromatic nitrogens is 2. The van der Waals surface area contributed by atoms with Gasteiger partial charge in [-0.3, -0.25) is 19.1 Å². The van der Waals surface area contributed by atoms with E-state index in [1.165, 1.54) is 24.5 Å². The fourth-order valence-corrected chi connectivity index (χ4v) is 5.02. The zero-order valence-corrected chi connectivity index (χ0v) is 19.7. The number of thiazole rings is 1. The van der Waals surface area contributed by atoms with Gasteiger partial charge in [-0.2, -0.15) is 0 Å². The average molecular weight is 486 g/mol. The standard InChI is InChI=1S/C22H23N5O4S2/c1-13-23-11-18(32-13)12-25-22(29)19-5-3-17(10-24-19)21(26-33(30)31)16-4-6-20-15(9-16)7-8-27(20)14(2)28/h3-6,9-11,21,26H,7-8,12H2,1-2H3,(H,25,29)(H,30,31). The number of hydrogen-bond acceptors (Lipinski definition) is 6. The molecule has 1 aliphatic heterocycles. The number of rotatable bonds is 7. The molecule has 0 saturated carbocycles. The lowest BCUT2D eigenvalue weighted by molar-refractivity contribution is -0.116. The summed E-state index contributed by atoms with van der Waals surface area (Å²) < 4.78 is 23.7. The van der Waals surface area contributed by atoms with Crippen molar-refractivity contribution in [1.82, 2.24) is 20.0 Å². The van der Waals surface area contributed by atoms with Gasteiger partial charge in [-0.05, 0) is 42.2 Å². The minimum atomic E-state index is -2.27. The average Bonchev–Trinajstić information content (AvgIpc) is 3.41. The molecule has 172 valence electrons. The highest BCUT2D eigenvalue weighted by molar-refractivity contribution is 7.77. The number of amides is 2. The Labute approximate surface area is 197 Å². The summed E-state index contributed by atoms with van der Waals surface area (Å²) in [6, 6.07) is 8.28. The summed E-state index contributed by atoms with van der Waals surface area (Å²) in [5.41, 5.74) is 3.50. The topological polar surface area (TPSA) is 125 Å². The van der Waals surface area contributed by atoms with E-state index in [9.17, 15) is 18.4 Å². The van der Waals surface area contributed by atoms with Crippen LogP contribution in [0.25, 0.3) is 0 Å². The van der Waals surface area contributed by atoms with Crippen LogP contribution in [-0.4, -0.2) is 37.1 Å². The van der Waals surface area contributed by atoms with Crippen LogP contribution in [0.3, 0.4) is 0 Å². The van der Waals surface area contributed by atoms with Crippen molar-refractivity contribution in [2.24, 2.45) is 0 Å². The van der Waals surface area contributed by atoms with Crippen LogP contribution in [0.5, 0.6) is 0 Å². The normalized spacial score (nSPS) is 14.6. The van der Waals surface area contributed by atoms with Crippen molar-refractivity contribution in [3.05, 3.63) is 75.0 Å². The highest BCUT2D eigenvalue weighted by atomic mass is 32.2. The molecule has 1 aromatic carbocycles. The van der Waals surface area contributed by atoms with E-state index >= 15 is 0 Å². The van der Waals surface area contributed by atoms with Crippen LogP contribution in [0.2, 0.25) is 0 Å². The van der Waals surface area contributed by atoms with Crippen LogP contribution in [0.4, 0.5) is 5.69 Å². The summed E-state index contributed by atoms with van der Waals surface area (Å²) in [6.45, 7) is 4.42. The maximum Gasteiger partial charge on any atom is 0.270 e. The Kier molecular flexibility index (Phi) is 6.94. The Balaban J connectivity index is 1.52. The van der Waals surface area contributed by atoms with E-state index in [4.69, 9.17) is 0 Å². The third-order valence-corrected chi connectivity index (χ3v) is 6.73. The summed E-state index contributed by atoms with van der Waals surface area (Å²) in [7, 11) is 0. The van der Waals surface area contributed by atoms with Crippen LogP contribution in [0, 0.1) is 6.92 Å². The molecular weight excluding hydrogens is 462 g/mol. The maximum absolute atomic E-state index is 12.4. The number of carbonyl (C=O) groups is 2. The van der Waals surface area contributed by atoms with Crippen molar-refractivity contribution in [2.45, 2.75) is 32.9 Å². The summed E-state index contributed by atoms with van der Waals surface area (Å²) >= 11 is -0.756. The molecule has 0 aliphatic carbocycles. The lowest BCUT2D eigenvalue weighted by Crippen LogP contribution is -2.26. The summed E-state index contributed by atoms with van der Waals surface area (Å²) in [5, 5.41) is 3.75. The number of fused-ring (bicyclic) bond motifs is 1. The van der Waals surface area contributed by atoms with E-state index in [1.54, 1.807) is 23.2 Å². The molecule has 33 heavy (non-hydrogen) atoms. The van der Waals surface area contributed by atoms with Crippen LogP contribution in [0.15, 0.2) is 42.7 Å². The summed E-state index contributed by atoms with van der Waals surface area (Å²) in [5.74, 6) is -0.333. The van der Waals surface area contributed by atoms with Crippen LogP contribution >= 0.6 is 11.3 Å². The van der Waals surface area contributed by atoms with Gasteiger partial charge in [0.05, 0.1) is 17.6 Å². The van der Waals surface area contributed by atoms with Gasteiger partial charge in [-0.15, -0.1) is 11.3 Å². The molecule has 0 saturated heterocycles. The zero-order chi connectivity index (χ0) is 23.5. The van der Waals surface area contributed by atoms with Gasteiger partial charge >= 0.3 is 0 Å². The molecule has 2 unspecified atom stereocenters. The molecule has 0 fully saturated rings. The Morgan fingerprint density at radius 1 is 1.21 bits per heavy atom. The minimum Gasteiger partial charge on any atom is -0.346 e. The smallest absolute Gasteiger partial charge is 0.270 e. The second kappa shape index (κ2) is 9.87. The Hall–Kier alpha value is -2.99. The number of anilines is 1. The fourth-order valence-electron chi connectivity index (χ4n) is 3.81. The summed E-state index contributed by atoms with van der Waals surface area (Å²) in [6.07, 6.45) is 3.97. The van der Waals surface area contributed by atoms with Crippen molar-refractivity contribution >= 4 is 40.1 Å². The lowest BCUT2D eigenvalue weighted by Gasteiger charge is -2.19. The van der Waals surface area contributed by atoms with Crippen LogP contribution in [-0.2, 0) is 29.0 Å². The quantitative estimate of drug-likeness (QED) is 0.442. The van der Waals surface area contributed by atoms with E-state index < -0.39 is 17.3 Å². The molecule has 2 atom stereocenters. The highest BCUT2D eigenvalue weighted by Crippen LogP contribution is 2.32. The molecule has 0 spiro atoms. The van der Waals surface area contributed by atoms with Gasteiger partial charge in [0, 0.05) is 36.4 Å². The third kappa shape index (κ3) is 5.33. The molecule has 3 N–H and O–H groups in total. The van der Waals surface area contributed by atoms with Gasteiger partial charge < -0.3 is 10.2 Å². The number of pyridine rings is 1. The van der Waals surface area contributed by atoms with Gasteiger partial charge in [-0.1, -0.05) is 18.2 Å². The van der Waals surface area contributed by atoms with E-state index in [0.29, 0.717) is 25.1 Å². The van der Waals surface area contributed by atoms with Gasteiger partial charge in [0.2, 0.25) is 17.2 Å². The monoisotopic (exact) mass is 485 g/mol. The predicted molar refractivity (Wildman–Crippen MR) is 126 cm³/mol. The molecule has 2 aromatic heterocycles. The Bertz CT molecular complexity index is 1210. The molecular formula is C22H23N5O4S2. The highest BCUT2D eigenvalue weighted by Gasteiger charge is 2.25. The van der Waals surface area contributed by atoms with Crippen LogP contribution in [0.1, 0.15) is 50.0 Å². The largest absolute Gasteiger partial charge is 0.346 e. The molecule has 3 aromatic rings. The molecule has 0 bridgehead atoms. The second-order valence-electron chi connectivity index (χ2n) is 7.61. The van der Waals surface area contributed by atoms with Crippen molar-refractivity contribution in [2.75, 3.05) is 11.4 Å². The van der Waals surface area contributed by atoms with Gasteiger partial charge in [-0.25, -0.2) is 13.9 Å². The van der Waals surface area contributed by atoms with Crippen molar-refractivity contribution in [3.8, 4) is 0 Å². The maximum atomic E-state index is 12.4. The van der Waals surface area contributed by atoms with E-state index in [1.807, 2.05) is 25.1 Å². The molecule has 1 aliphatic rings. The Morgan fingerprint density at radius 3 is 2.64 bits per heavy atom. The molecule has 2 amide bonds. The lowest BCUT2D eigenvalue weighted by atomic mass is 9.98. The first kappa shape index (κ1) is 23.2. The van der Waals surface area contributed by atoms with Gasteiger partial charge in [0.1, 0.15) is 5.69 Å². The SMILES string of the molecule is CC(=O)N1CCc2cc(C(NS(=O)O)c3ccc(C(=O)NCc4cnc(C)s4)nc3)ccc21. The number of aryl methyl sites for hydroxylation is 1. The predicted octanol–water partition coefficient (Wildman–Crippen LogP) is 2.50. The second-order valence-corrected chi connectivity index (χ2v) is 9.67. The molecule has 9 nitrogen and oxygen atoms in total. The minimum absolute atomic E-state index is 0.0174. The number of nitrogens with one attached hydrogen (secondary N) is 2. The molecule has 11 heteroatoms.